The van der Waals surface area contributed by atoms with Crippen LogP contribution < -0.4 is 0 Å². The fourth-order valence-electron chi connectivity index (χ4n) is 4.62. The second kappa shape index (κ2) is 8.74. The molecule has 1 saturated heterocycles. The van der Waals surface area contributed by atoms with E-state index in [1.54, 1.807) is 12.1 Å². The molecule has 1 unspecified atom stereocenters. The van der Waals surface area contributed by atoms with Crippen LogP contribution in [-0.4, -0.2) is 36.9 Å². The van der Waals surface area contributed by atoms with Gasteiger partial charge in [-0.1, -0.05) is 60.7 Å². The van der Waals surface area contributed by atoms with Gasteiger partial charge in [-0.15, -0.1) is 11.3 Å². The highest BCUT2D eigenvalue weighted by atomic mass is 32.2. The van der Waals surface area contributed by atoms with Crippen LogP contribution in [-0.2, 0) is 10.0 Å². The minimum Gasteiger partial charge on any atom is -0.477 e. The van der Waals surface area contributed by atoms with Crippen LogP contribution in [0.5, 0.6) is 0 Å². The van der Waals surface area contributed by atoms with Crippen LogP contribution in [0.2, 0.25) is 0 Å². The number of fused-ring (bicyclic) bond motifs is 1. The van der Waals surface area contributed by atoms with Crippen molar-refractivity contribution in [1.82, 2.24) is 4.31 Å². The summed E-state index contributed by atoms with van der Waals surface area (Å²) < 4.78 is 29.3. The van der Waals surface area contributed by atoms with Crippen LogP contribution in [0, 0.1) is 0 Å². The number of sulfonamides is 1. The Hall–Kier alpha value is -3.00. The van der Waals surface area contributed by atoms with Crippen LogP contribution >= 0.6 is 11.3 Å². The van der Waals surface area contributed by atoms with E-state index >= 15 is 0 Å². The Morgan fingerprint density at radius 1 is 0.909 bits per heavy atom. The number of aromatic carboxylic acids is 1. The largest absolute Gasteiger partial charge is 0.477 e. The molecule has 5 rings (SSSR count). The maximum Gasteiger partial charge on any atom is 0.346 e. The van der Waals surface area contributed by atoms with Gasteiger partial charge in [0, 0.05) is 23.7 Å². The summed E-state index contributed by atoms with van der Waals surface area (Å²) in [6.07, 6.45) is 1.45. The van der Waals surface area contributed by atoms with Crippen molar-refractivity contribution in [3.63, 3.8) is 0 Å². The highest BCUT2D eigenvalue weighted by molar-refractivity contribution is 7.89. The predicted molar refractivity (Wildman–Crippen MR) is 131 cm³/mol. The molecule has 0 aliphatic carbocycles. The first-order valence-corrected chi connectivity index (χ1v) is 13.1. The standard InChI is InChI=1S/C26H23NO4S2/c28-26(29)25-24(22-10-4-5-11-23(22)32-25)20-9-6-16-27(17-20)33(30,31)21-14-12-19(13-15-21)18-7-2-1-3-8-18/h1-5,7-8,10-15,20H,6,9,16-17H2,(H,28,29). The predicted octanol–water partition coefficient (Wildman–Crippen LogP) is 5.83. The number of thiophene rings is 1. The molecule has 7 heteroatoms. The van der Waals surface area contributed by atoms with Crippen molar-refractivity contribution in [3.8, 4) is 11.1 Å². The minimum atomic E-state index is -3.68. The van der Waals surface area contributed by atoms with E-state index in [1.165, 1.54) is 15.6 Å². The summed E-state index contributed by atoms with van der Waals surface area (Å²) in [5.74, 6) is -1.11. The summed E-state index contributed by atoms with van der Waals surface area (Å²) in [5, 5.41) is 10.7. The molecule has 0 bridgehead atoms. The summed E-state index contributed by atoms with van der Waals surface area (Å²) in [5.41, 5.74) is 2.76. The van der Waals surface area contributed by atoms with Crippen molar-refractivity contribution in [1.29, 1.82) is 0 Å². The van der Waals surface area contributed by atoms with Gasteiger partial charge in [-0.05, 0) is 53.1 Å². The summed E-state index contributed by atoms with van der Waals surface area (Å²) in [4.78, 5) is 12.5. The van der Waals surface area contributed by atoms with Gasteiger partial charge in [0.15, 0.2) is 0 Å². The number of carbonyl (C=O) groups is 1. The molecule has 2 heterocycles. The van der Waals surface area contributed by atoms with E-state index in [4.69, 9.17) is 0 Å². The molecule has 1 aliphatic heterocycles. The van der Waals surface area contributed by atoms with E-state index in [0.29, 0.717) is 17.8 Å². The maximum atomic E-state index is 13.4. The zero-order valence-corrected chi connectivity index (χ0v) is 19.5. The van der Waals surface area contributed by atoms with Crippen molar-refractivity contribution < 1.29 is 18.3 Å². The Bertz CT molecular complexity index is 1410. The molecule has 0 amide bonds. The Kier molecular flexibility index (Phi) is 5.78. The van der Waals surface area contributed by atoms with Gasteiger partial charge < -0.3 is 5.11 Å². The van der Waals surface area contributed by atoms with Crippen molar-refractivity contribution in [3.05, 3.63) is 89.3 Å². The highest BCUT2D eigenvalue weighted by Crippen LogP contribution is 2.40. The van der Waals surface area contributed by atoms with E-state index in [9.17, 15) is 18.3 Å². The van der Waals surface area contributed by atoms with E-state index in [-0.39, 0.29) is 17.4 Å². The van der Waals surface area contributed by atoms with Crippen molar-refractivity contribution in [2.24, 2.45) is 0 Å². The number of carboxylic acid groups (broad SMARTS) is 1. The lowest BCUT2D eigenvalue weighted by Crippen LogP contribution is -2.39. The number of piperidine rings is 1. The molecular weight excluding hydrogens is 454 g/mol. The third kappa shape index (κ3) is 4.08. The van der Waals surface area contributed by atoms with Gasteiger partial charge in [0.05, 0.1) is 4.90 Å². The lowest BCUT2D eigenvalue weighted by molar-refractivity contribution is 0.0700. The fraction of sp³-hybridized carbons (Fsp3) is 0.192. The first kappa shape index (κ1) is 21.8. The summed E-state index contributed by atoms with van der Waals surface area (Å²) in [6, 6.07) is 24.5. The number of carboxylic acids is 1. The van der Waals surface area contributed by atoms with Crippen LogP contribution in [0.3, 0.4) is 0 Å². The van der Waals surface area contributed by atoms with E-state index in [2.05, 4.69) is 0 Å². The van der Waals surface area contributed by atoms with Crippen LogP contribution in [0.1, 0.15) is 34.0 Å². The summed E-state index contributed by atoms with van der Waals surface area (Å²) in [6.45, 7) is 0.716. The van der Waals surface area contributed by atoms with Gasteiger partial charge in [-0.25, -0.2) is 13.2 Å². The quantitative estimate of drug-likeness (QED) is 0.392. The molecule has 168 valence electrons. The first-order valence-electron chi connectivity index (χ1n) is 10.9. The van der Waals surface area contributed by atoms with Crippen LogP contribution in [0.4, 0.5) is 0 Å². The monoisotopic (exact) mass is 477 g/mol. The normalized spacial score (nSPS) is 17.3. The Labute approximate surface area is 197 Å². The van der Waals surface area contributed by atoms with Gasteiger partial charge >= 0.3 is 5.97 Å². The average molecular weight is 478 g/mol. The van der Waals surface area contributed by atoms with E-state index < -0.39 is 16.0 Å². The lowest BCUT2D eigenvalue weighted by atomic mass is 9.89. The van der Waals surface area contributed by atoms with Crippen LogP contribution in [0.15, 0.2) is 83.8 Å². The highest BCUT2D eigenvalue weighted by Gasteiger charge is 2.34. The molecule has 0 spiro atoms. The lowest BCUT2D eigenvalue weighted by Gasteiger charge is -2.32. The van der Waals surface area contributed by atoms with Gasteiger partial charge in [0.25, 0.3) is 0 Å². The molecular formula is C26H23NO4S2. The third-order valence-electron chi connectivity index (χ3n) is 6.22. The molecule has 1 atom stereocenters. The fourth-order valence-corrected chi connectivity index (χ4v) is 7.28. The SMILES string of the molecule is O=C(O)c1sc2ccccc2c1C1CCCN(S(=O)(=O)c2ccc(-c3ccccc3)cc2)C1. The number of hydrogen-bond acceptors (Lipinski definition) is 4. The minimum absolute atomic E-state index is 0.153. The molecule has 4 aromatic rings. The van der Waals surface area contributed by atoms with E-state index in [1.807, 2.05) is 66.7 Å². The zero-order chi connectivity index (χ0) is 23.0. The smallest absolute Gasteiger partial charge is 0.346 e. The number of hydrogen-bond donors (Lipinski definition) is 1. The van der Waals surface area contributed by atoms with E-state index in [0.717, 1.165) is 33.2 Å². The Morgan fingerprint density at radius 3 is 2.30 bits per heavy atom. The number of nitrogens with zero attached hydrogens (tertiary/aromatic N) is 1. The Balaban J connectivity index is 1.45. The number of rotatable bonds is 5. The zero-order valence-electron chi connectivity index (χ0n) is 17.8. The molecule has 0 radical (unpaired) electrons. The topological polar surface area (TPSA) is 74.7 Å². The molecule has 1 aromatic heterocycles. The Morgan fingerprint density at radius 2 is 1.58 bits per heavy atom. The molecule has 3 aromatic carbocycles. The first-order chi connectivity index (χ1) is 15.9. The van der Waals surface area contributed by atoms with Crippen molar-refractivity contribution in [2.45, 2.75) is 23.7 Å². The van der Waals surface area contributed by atoms with Gasteiger partial charge in [-0.2, -0.15) is 4.31 Å². The second-order valence-electron chi connectivity index (χ2n) is 8.24. The second-order valence-corrected chi connectivity index (χ2v) is 11.2. The number of benzene rings is 3. The van der Waals surface area contributed by atoms with Gasteiger partial charge in [0.1, 0.15) is 4.88 Å². The third-order valence-corrected chi connectivity index (χ3v) is 9.27. The molecule has 1 aliphatic rings. The molecule has 33 heavy (non-hydrogen) atoms. The van der Waals surface area contributed by atoms with Gasteiger partial charge in [-0.3, -0.25) is 0 Å². The molecule has 0 saturated carbocycles. The van der Waals surface area contributed by atoms with Crippen molar-refractivity contribution >= 4 is 37.4 Å². The summed E-state index contributed by atoms with van der Waals surface area (Å²) >= 11 is 1.26. The van der Waals surface area contributed by atoms with Gasteiger partial charge in [0.2, 0.25) is 10.0 Å². The van der Waals surface area contributed by atoms with Crippen LogP contribution in [0.25, 0.3) is 21.2 Å². The van der Waals surface area contributed by atoms with Crippen molar-refractivity contribution in [2.75, 3.05) is 13.1 Å². The summed E-state index contributed by atoms with van der Waals surface area (Å²) in [7, 11) is -3.68. The molecule has 1 fully saturated rings. The maximum absolute atomic E-state index is 13.4. The average Bonchev–Trinajstić information content (AvgIpc) is 3.25. The molecule has 1 N–H and O–H groups in total. The molecule has 5 nitrogen and oxygen atoms in total.